The quantitative estimate of drug-likeness (QED) is 0.782. The van der Waals surface area contributed by atoms with Crippen molar-refractivity contribution in [1.29, 1.82) is 0 Å². The van der Waals surface area contributed by atoms with Gasteiger partial charge in [0.25, 0.3) is 5.91 Å². The fourth-order valence-corrected chi connectivity index (χ4v) is 2.17. The van der Waals surface area contributed by atoms with Crippen LogP contribution >= 0.6 is 0 Å². The van der Waals surface area contributed by atoms with Crippen molar-refractivity contribution >= 4 is 22.8 Å². The molecule has 5 nitrogen and oxygen atoms in total. The topological polar surface area (TPSA) is 82.2 Å². The zero-order valence-electron chi connectivity index (χ0n) is 11.5. The van der Waals surface area contributed by atoms with Gasteiger partial charge in [0.05, 0.1) is 11.5 Å². The largest absolute Gasteiger partial charge is 0.481 e. The summed E-state index contributed by atoms with van der Waals surface area (Å²) in [5, 5.41) is 12.6. The van der Waals surface area contributed by atoms with E-state index >= 15 is 0 Å². The van der Waals surface area contributed by atoms with E-state index in [-0.39, 0.29) is 18.4 Å². The van der Waals surface area contributed by atoms with Crippen molar-refractivity contribution in [1.82, 2.24) is 10.3 Å². The van der Waals surface area contributed by atoms with E-state index in [1.165, 1.54) is 0 Å². The molecule has 0 spiro atoms. The van der Waals surface area contributed by atoms with Crippen LogP contribution in [0.25, 0.3) is 10.9 Å². The number of aliphatic carboxylic acids is 1. The van der Waals surface area contributed by atoms with E-state index in [0.29, 0.717) is 5.56 Å². The standard InChI is InChI=1S/C15H18N2O3/c1-9(2)11(15(19)20)7-17-14(18)12-8-16-13-6-4-3-5-10(12)13/h3-6,8-9,11,16H,7H2,1-2H3,(H,17,18)(H,19,20). The molecule has 0 radical (unpaired) electrons. The number of aromatic nitrogens is 1. The number of hydrogen-bond donors (Lipinski definition) is 3. The third kappa shape index (κ3) is 2.82. The van der Waals surface area contributed by atoms with Crippen LogP contribution in [0.4, 0.5) is 0 Å². The molecule has 106 valence electrons. The number of carboxylic acid groups (broad SMARTS) is 1. The predicted molar refractivity (Wildman–Crippen MR) is 76.6 cm³/mol. The Morgan fingerprint density at radius 2 is 2.00 bits per heavy atom. The van der Waals surface area contributed by atoms with Crippen LogP contribution in [0.1, 0.15) is 24.2 Å². The lowest BCUT2D eigenvalue weighted by molar-refractivity contribution is -0.142. The summed E-state index contributed by atoms with van der Waals surface area (Å²) in [6.45, 7) is 3.79. The van der Waals surface area contributed by atoms with Gasteiger partial charge in [-0.1, -0.05) is 32.0 Å². The summed E-state index contributed by atoms with van der Waals surface area (Å²) in [4.78, 5) is 26.3. The Balaban J connectivity index is 2.11. The third-order valence-electron chi connectivity index (χ3n) is 3.44. The number of hydrogen-bond acceptors (Lipinski definition) is 2. The fraction of sp³-hybridized carbons (Fsp3) is 0.333. The number of amides is 1. The van der Waals surface area contributed by atoms with E-state index in [4.69, 9.17) is 5.11 Å². The van der Waals surface area contributed by atoms with Crippen LogP contribution in [0.2, 0.25) is 0 Å². The van der Waals surface area contributed by atoms with Gasteiger partial charge < -0.3 is 15.4 Å². The summed E-state index contributed by atoms with van der Waals surface area (Å²) < 4.78 is 0. The summed E-state index contributed by atoms with van der Waals surface area (Å²) in [7, 11) is 0. The Morgan fingerprint density at radius 3 is 2.65 bits per heavy atom. The molecule has 1 atom stereocenters. The van der Waals surface area contributed by atoms with Crippen LogP contribution in [-0.2, 0) is 4.79 Å². The van der Waals surface area contributed by atoms with E-state index in [2.05, 4.69) is 10.3 Å². The molecule has 2 rings (SSSR count). The van der Waals surface area contributed by atoms with E-state index in [0.717, 1.165) is 10.9 Å². The van der Waals surface area contributed by atoms with Gasteiger partial charge in [0.2, 0.25) is 0 Å². The lowest BCUT2D eigenvalue weighted by atomic mass is 9.96. The van der Waals surface area contributed by atoms with Crippen LogP contribution in [0.5, 0.6) is 0 Å². The van der Waals surface area contributed by atoms with Crippen LogP contribution in [-0.4, -0.2) is 28.5 Å². The van der Waals surface area contributed by atoms with Gasteiger partial charge in [0, 0.05) is 23.6 Å². The predicted octanol–water partition coefficient (Wildman–Crippen LogP) is 2.25. The molecule has 0 fully saturated rings. The van der Waals surface area contributed by atoms with Crippen LogP contribution in [0, 0.1) is 11.8 Å². The monoisotopic (exact) mass is 274 g/mol. The van der Waals surface area contributed by atoms with Crippen molar-refractivity contribution in [2.45, 2.75) is 13.8 Å². The lowest BCUT2D eigenvalue weighted by Gasteiger charge is -2.16. The average Bonchev–Trinajstić information content (AvgIpc) is 2.81. The number of H-pyrrole nitrogens is 1. The van der Waals surface area contributed by atoms with Crippen LogP contribution in [0.3, 0.4) is 0 Å². The second-order valence-electron chi connectivity index (χ2n) is 5.15. The minimum atomic E-state index is -0.890. The van der Waals surface area contributed by atoms with Crippen molar-refractivity contribution in [3.63, 3.8) is 0 Å². The number of aromatic amines is 1. The zero-order chi connectivity index (χ0) is 14.7. The van der Waals surface area contributed by atoms with Crippen molar-refractivity contribution in [2.24, 2.45) is 11.8 Å². The summed E-state index contributed by atoms with van der Waals surface area (Å²) in [5.74, 6) is -1.76. The van der Waals surface area contributed by atoms with Crippen molar-refractivity contribution in [2.75, 3.05) is 6.54 Å². The number of carbonyl (C=O) groups excluding carboxylic acids is 1. The zero-order valence-corrected chi connectivity index (χ0v) is 11.5. The summed E-state index contributed by atoms with van der Waals surface area (Å²) in [6.07, 6.45) is 1.64. The molecule has 0 saturated heterocycles. The Kier molecular flexibility index (Phi) is 4.08. The Labute approximate surface area is 117 Å². The first-order valence-electron chi connectivity index (χ1n) is 6.58. The summed E-state index contributed by atoms with van der Waals surface area (Å²) in [5.41, 5.74) is 1.42. The number of benzene rings is 1. The SMILES string of the molecule is CC(C)C(CNC(=O)c1c[nH]c2ccccc12)C(=O)O. The molecule has 2 aromatic rings. The molecule has 0 aliphatic heterocycles. The van der Waals surface area contributed by atoms with Crippen molar-refractivity contribution < 1.29 is 14.7 Å². The normalized spacial score (nSPS) is 12.6. The molecular formula is C15H18N2O3. The van der Waals surface area contributed by atoms with Gasteiger partial charge in [-0.3, -0.25) is 9.59 Å². The second-order valence-corrected chi connectivity index (χ2v) is 5.15. The smallest absolute Gasteiger partial charge is 0.308 e. The molecule has 0 aliphatic rings. The number of rotatable bonds is 5. The first kappa shape index (κ1) is 14.1. The van der Waals surface area contributed by atoms with Crippen molar-refractivity contribution in [3.8, 4) is 0 Å². The molecule has 1 unspecified atom stereocenters. The van der Waals surface area contributed by atoms with Gasteiger partial charge in [0.15, 0.2) is 0 Å². The van der Waals surface area contributed by atoms with E-state index in [1.807, 2.05) is 38.1 Å². The maximum atomic E-state index is 12.1. The molecular weight excluding hydrogens is 256 g/mol. The minimum Gasteiger partial charge on any atom is -0.481 e. The van der Waals surface area contributed by atoms with Gasteiger partial charge >= 0.3 is 5.97 Å². The average molecular weight is 274 g/mol. The number of fused-ring (bicyclic) bond motifs is 1. The molecule has 1 heterocycles. The first-order valence-corrected chi connectivity index (χ1v) is 6.58. The highest BCUT2D eigenvalue weighted by Crippen LogP contribution is 2.17. The van der Waals surface area contributed by atoms with Gasteiger partial charge in [-0.15, -0.1) is 0 Å². The summed E-state index contributed by atoms with van der Waals surface area (Å²) >= 11 is 0. The third-order valence-corrected chi connectivity index (χ3v) is 3.44. The van der Waals surface area contributed by atoms with Gasteiger partial charge in [-0.05, 0) is 12.0 Å². The number of carboxylic acids is 1. The van der Waals surface area contributed by atoms with Gasteiger partial charge in [0.1, 0.15) is 0 Å². The van der Waals surface area contributed by atoms with Gasteiger partial charge in [-0.25, -0.2) is 0 Å². The maximum Gasteiger partial charge on any atom is 0.308 e. The molecule has 20 heavy (non-hydrogen) atoms. The molecule has 0 bridgehead atoms. The Bertz CT molecular complexity index is 631. The number of para-hydroxylation sites is 1. The molecule has 3 N–H and O–H groups in total. The van der Waals surface area contributed by atoms with Gasteiger partial charge in [-0.2, -0.15) is 0 Å². The summed E-state index contributed by atoms with van der Waals surface area (Å²) in [6, 6.07) is 7.50. The maximum absolute atomic E-state index is 12.1. The molecule has 1 aromatic carbocycles. The molecule has 0 saturated carbocycles. The Hall–Kier alpha value is -2.30. The molecule has 1 amide bonds. The van der Waals surface area contributed by atoms with E-state index in [1.54, 1.807) is 6.20 Å². The number of nitrogens with one attached hydrogen (secondary N) is 2. The minimum absolute atomic E-state index is 0.0317. The Morgan fingerprint density at radius 1 is 1.30 bits per heavy atom. The second kappa shape index (κ2) is 5.77. The number of carbonyl (C=O) groups is 2. The van der Waals surface area contributed by atoms with Crippen LogP contribution in [0.15, 0.2) is 30.5 Å². The van der Waals surface area contributed by atoms with E-state index < -0.39 is 11.9 Å². The fourth-order valence-electron chi connectivity index (χ4n) is 2.17. The van der Waals surface area contributed by atoms with Crippen molar-refractivity contribution in [3.05, 3.63) is 36.0 Å². The molecule has 1 aromatic heterocycles. The molecule has 5 heteroatoms. The van der Waals surface area contributed by atoms with E-state index in [9.17, 15) is 9.59 Å². The highest BCUT2D eigenvalue weighted by atomic mass is 16.4. The van der Waals surface area contributed by atoms with Crippen LogP contribution < -0.4 is 5.32 Å². The first-order chi connectivity index (χ1) is 9.50. The molecule has 0 aliphatic carbocycles. The lowest BCUT2D eigenvalue weighted by Crippen LogP contribution is -2.35. The highest BCUT2D eigenvalue weighted by Gasteiger charge is 2.22. The highest BCUT2D eigenvalue weighted by molar-refractivity contribution is 6.06.